The zero-order valence-corrected chi connectivity index (χ0v) is 12.4. The third kappa shape index (κ3) is 2.73. The summed E-state index contributed by atoms with van der Waals surface area (Å²) in [4.78, 5) is 19.0. The van der Waals surface area contributed by atoms with E-state index in [2.05, 4.69) is 15.3 Å². The van der Waals surface area contributed by atoms with Crippen LogP contribution in [-0.4, -0.2) is 21.6 Å². The van der Waals surface area contributed by atoms with Gasteiger partial charge in [-0.05, 0) is 38.1 Å². The van der Waals surface area contributed by atoms with E-state index >= 15 is 0 Å². The predicted molar refractivity (Wildman–Crippen MR) is 83.9 cm³/mol. The Labute approximate surface area is 126 Å². The minimum atomic E-state index is -1.21. The molecule has 2 heterocycles. The van der Waals surface area contributed by atoms with Crippen LogP contribution in [0.5, 0.6) is 0 Å². The second kappa shape index (κ2) is 5.31. The molecule has 1 aromatic carbocycles. The molecule has 3 rings (SSSR count). The number of anilines is 1. The van der Waals surface area contributed by atoms with Crippen molar-refractivity contribution in [1.82, 2.24) is 9.97 Å². The Morgan fingerprint density at radius 3 is 2.82 bits per heavy atom. The predicted octanol–water partition coefficient (Wildman–Crippen LogP) is 2.14. The Hall–Kier alpha value is -2.60. The van der Waals surface area contributed by atoms with Gasteiger partial charge in [-0.15, -0.1) is 0 Å². The topological polar surface area (TPSA) is 91.1 Å². The van der Waals surface area contributed by atoms with Crippen molar-refractivity contribution in [2.75, 3.05) is 11.9 Å². The van der Waals surface area contributed by atoms with E-state index in [4.69, 9.17) is 4.42 Å². The van der Waals surface area contributed by atoms with Crippen LogP contribution in [0.1, 0.15) is 18.4 Å². The smallest absolute Gasteiger partial charge is 0.260 e. The second-order valence-electron chi connectivity index (χ2n) is 5.47. The summed E-state index contributed by atoms with van der Waals surface area (Å²) in [5, 5.41) is 13.9. The maximum Gasteiger partial charge on any atom is 0.260 e. The second-order valence-corrected chi connectivity index (χ2v) is 5.47. The Morgan fingerprint density at radius 2 is 2.09 bits per heavy atom. The van der Waals surface area contributed by atoms with Crippen molar-refractivity contribution in [2.24, 2.45) is 0 Å². The lowest BCUT2D eigenvalue weighted by atomic mass is 10.0. The normalized spacial score (nSPS) is 14.0. The van der Waals surface area contributed by atoms with E-state index < -0.39 is 5.60 Å². The number of aromatic amines is 1. The first-order valence-corrected chi connectivity index (χ1v) is 6.98. The molecule has 0 amide bonds. The highest BCUT2D eigenvalue weighted by Crippen LogP contribution is 2.23. The Bertz CT molecular complexity index is 864. The molecule has 3 aromatic rings. The van der Waals surface area contributed by atoms with Crippen molar-refractivity contribution in [3.8, 4) is 0 Å². The van der Waals surface area contributed by atoms with Gasteiger partial charge >= 0.3 is 0 Å². The zero-order valence-electron chi connectivity index (χ0n) is 12.4. The van der Waals surface area contributed by atoms with Crippen molar-refractivity contribution in [1.29, 1.82) is 0 Å². The molecular formula is C16H17N3O3. The molecule has 6 heteroatoms. The molecule has 0 bridgehead atoms. The molecule has 0 aliphatic rings. The molecule has 3 N–H and O–H groups in total. The SMILES string of the molecule is Cc1ccc(C(C)(O)CNc2nc3ccccc3c(=O)[nH]2)o1. The van der Waals surface area contributed by atoms with E-state index in [1.54, 1.807) is 37.3 Å². The molecule has 0 aliphatic heterocycles. The molecule has 1 unspecified atom stereocenters. The first-order valence-electron chi connectivity index (χ1n) is 6.98. The van der Waals surface area contributed by atoms with Gasteiger partial charge in [0.15, 0.2) is 0 Å². The third-order valence-corrected chi connectivity index (χ3v) is 3.48. The molecule has 0 spiro atoms. The van der Waals surface area contributed by atoms with Gasteiger partial charge < -0.3 is 14.8 Å². The molecular weight excluding hydrogens is 282 g/mol. The van der Waals surface area contributed by atoms with Crippen molar-refractivity contribution < 1.29 is 9.52 Å². The van der Waals surface area contributed by atoms with Gasteiger partial charge in [-0.2, -0.15) is 0 Å². The van der Waals surface area contributed by atoms with Crippen molar-refractivity contribution in [3.63, 3.8) is 0 Å². The van der Waals surface area contributed by atoms with Crippen LogP contribution in [0.15, 0.2) is 45.6 Å². The highest BCUT2D eigenvalue weighted by atomic mass is 16.4. The summed E-state index contributed by atoms with van der Waals surface area (Å²) in [7, 11) is 0. The minimum absolute atomic E-state index is 0.154. The average Bonchev–Trinajstić information content (AvgIpc) is 2.93. The molecule has 0 fully saturated rings. The minimum Gasteiger partial charge on any atom is -0.463 e. The van der Waals surface area contributed by atoms with Gasteiger partial charge in [0, 0.05) is 0 Å². The van der Waals surface area contributed by atoms with E-state index in [9.17, 15) is 9.90 Å². The summed E-state index contributed by atoms with van der Waals surface area (Å²) in [6, 6.07) is 10.6. The number of fused-ring (bicyclic) bond motifs is 1. The van der Waals surface area contributed by atoms with E-state index in [0.717, 1.165) is 5.76 Å². The maximum atomic E-state index is 12.0. The number of para-hydroxylation sites is 1. The van der Waals surface area contributed by atoms with Gasteiger partial charge in [-0.25, -0.2) is 4.98 Å². The van der Waals surface area contributed by atoms with E-state index in [1.165, 1.54) is 0 Å². The summed E-state index contributed by atoms with van der Waals surface area (Å²) in [6.07, 6.45) is 0. The van der Waals surface area contributed by atoms with E-state index in [0.29, 0.717) is 22.6 Å². The first kappa shape index (κ1) is 14.3. The number of aryl methyl sites for hydroxylation is 1. The lowest BCUT2D eigenvalue weighted by molar-refractivity contribution is 0.0466. The average molecular weight is 299 g/mol. The number of nitrogens with one attached hydrogen (secondary N) is 2. The van der Waals surface area contributed by atoms with Gasteiger partial charge in [-0.1, -0.05) is 12.1 Å². The van der Waals surface area contributed by atoms with Gasteiger partial charge in [-0.3, -0.25) is 9.78 Å². The number of rotatable bonds is 4. The molecule has 22 heavy (non-hydrogen) atoms. The summed E-state index contributed by atoms with van der Waals surface area (Å²) < 4.78 is 5.45. The van der Waals surface area contributed by atoms with Crippen LogP contribution in [0.4, 0.5) is 5.95 Å². The number of H-pyrrole nitrogens is 1. The summed E-state index contributed by atoms with van der Waals surface area (Å²) in [5.41, 5.74) is -0.831. The fourth-order valence-corrected chi connectivity index (χ4v) is 2.24. The third-order valence-electron chi connectivity index (χ3n) is 3.48. The molecule has 6 nitrogen and oxygen atoms in total. The molecule has 0 radical (unpaired) electrons. The van der Waals surface area contributed by atoms with Crippen molar-refractivity contribution in [2.45, 2.75) is 19.4 Å². The van der Waals surface area contributed by atoms with Crippen molar-refractivity contribution in [3.05, 3.63) is 58.3 Å². The largest absolute Gasteiger partial charge is 0.463 e. The van der Waals surface area contributed by atoms with Gasteiger partial charge in [0.05, 0.1) is 17.4 Å². The highest BCUT2D eigenvalue weighted by molar-refractivity contribution is 5.78. The summed E-state index contributed by atoms with van der Waals surface area (Å²) in [6.45, 7) is 3.61. The number of nitrogens with zero attached hydrogens (tertiary/aromatic N) is 1. The zero-order chi connectivity index (χ0) is 15.7. The molecule has 114 valence electrons. The fourth-order valence-electron chi connectivity index (χ4n) is 2.24. The lowest BCUT2D eigenvalue weighted by Gasteiger charge is -2.21. The van der Waals surface area contributed by atoms with Crippen LogP contribution >= 0.6 is 0 Å². The fraction of sp³-hybridized carbons (Fsp3) is 0.250. The van der Waals surface area contributed by atoms with E-state index in [1.807, 2.05) is 13.0 Å². The van der Waals surface area contributed by atoms with Gasteiger partial charge in [0.2, 0.25) is 5.95 Å². The van der Waals surface area contributed by atoms with Crippen LogP contribution in [0, 0.1) is 6.92 Å². The summed E-state index contributed by atoms with van der Waals surface area (Å²) >= 11 is 0. The standard InChI is InChI=1S/C16H17N3O3/c1-10-7-8-13(22-10)16(2,21)9-17-15-18-12-6-4-3-5-11(12)14(20)19-15/h3-8,21H,9H2,1-2H3,(H2,17,18,19,20). The monoisotopic (exact) mass is 299 g/mol. The maximum absolute atomic E-state index is 12.0. The molecule has 0 saturated heterocycles. The molecule has 2 aromatic heterocycles. The Balaban J connectivity index is 1.83. The lowest BCUT2D eigenvalue weighted by Crippen LogP contribution is -2.31. The van der Waals surface area contributed by atoms with Crippen LogP contribution in [-0.2, 0) is 5.60 Å². The number of aliphatic hydroxyl groups is 1. The number of furan rings is 1. The number of aromatic nitrogens is 2. The first-order chi connectivity index (χ1) is 10.5. The highest BCUT2D eigenvalue weighted by Gasteiger charge is 2.26. The van der Waals surface area contributed by atoms with Crippen LogP contribution < -0.4 is 10.9 Å². The van der Waals surface area contributed by atoms with E-state index in [-0.39, 0.29) is 12.1 Å². The molecule has 0 saturated carbocycles. The Kier molecular flexibility index (Phi) is 3.46. The van der Waals surface area contributed by atoms with Gasteiger partial charge in [0.1, 0.15) is 17.1 Å². The quantitative estimate of drug-likeness (QED) is 0.686. The number of hydrogen-bond acceptors (Lipinski definition) is 5. The van der Waals surface area contributed by atoms with Crippen LogP contribution in [0.2, 0.25) is 0 Å². The molecule has 0 aliphatic carbocycles. The Morgan fingerprint density at radius 1 is 1.32 bits per heavy atom. The van der Waals surface area contributed by atoms with Crippen LogP contribution in [0.25, 0.3) is 10.9 Å². The molecule has 1 atom stereocenters. The van der Waals surface area contributed by atoms with Crippen molar-refractivity contribution >= 4 is 16.9 Å². The number of benzene rings is 1. The van der Waals surface area contributed by atoms with Crippen LogP contribution in [0.3, 0.4) is 0 Å². The summed E-state index contributed by atoms with van der Waals surface area (Å²) in [5.74, 6) is 1.50. The number of hydrogen-bond donors (Lipinski definition) is 3. The van der Waals surface area contributed by atoms with Gasteiger partial charge in [0.25, 0.3) is 5.56 Å².